The normalized spacial score (nSPS) is 26.8. The summed E-state index contributed by atoms with van der Waals surface area (Å²) in [7, 11) is 0. The first kappa shape index (κ1) is 9.36. The molecule has 0 bridgehead atoms. The summed E-state index contributed by atoms with van der Waals surface area (Å²) < 4.78 is 13.6. The van der Waals surface area contributed by atoms with Gasteiger partial charge in [-0.2, -0.15) is 0 Å². The van der Waals surface area contributed by atoms with Gasteiger partial charge in [0, 0.05) is 4.47 Å². The van der Waals surface area contributed by atoms with Gasteiger partial charge in [-0.1, -0.05) is 28.1 Å². The van der Waals surface area contributed by atoms with E-state index < -0.39 is 5.54 Å². The predicted octanol–water partition coefficient (Wildman–Crippen LogP) is 2.05. The van der Waals surface area contributed by atoms with Crippen LogP contribution in [0.2, 0.25) is 1.41 Å². The number of hydrogen-bond donors (Lipinski definition) is 1. The van der Waals surface area contributed by atoms with Crippen molar-refractivity contribution in [3.8, 4) is 0 Å². The first-order valence-corrected chi connectivity index (χ1v) is 5.54. The number of amidine groups is 1. The van der Waals surface area contributed by atoms with Crippen molar-refractivity contribution in [2.75, 3.05) is 13.2 Å². The Bertz CT molecular complexity index is 424. The van der Waals surface area contributed by atoms with E-state index in [1.807, 2.05) is 31.2 Å². The molecule has 0 aromatic heterocycles. The number of rotatable bonds is 1. The van der Waals surface area contributed by atoms with E-state index in [0.717, 1.165) is 10.0 Å². The highest BCUT2D eigenvalue weighted by molar-refractivity contribution is 9.10. The molecule has 1 aromatic rings. The van der Waals surface area contributed by atoms with Crippen LogP contribution in [0.4, 0.5) is 0 Å². The largest absolute Gasteiger partial charge is 0.386 e. The number of nitrogens with two attached hydrogens (primary N) is 1. The van der Waals surface area contributed by atoms with Crippen LogP contribution in [0.15, 0.2) is 33.7 Å². The molecule has 0 aliphatic carbocycles. The van der Waals surface area contributed by atoms with E-state index in [4.69, 9.17) is 6.15 Å². The van der Waals surface area contributed by atoms with Gasteiger partial charge >= 0.3 is 0 Å². The molecule has 0 fully saturated rings. The Morgan fingerprint density at radius 1 is 1.67 bits per heavy atom. The molecule has 0 spiro atoms. The number of hydrogen-bond acceptors (Lipinski definition) is 3. The Morgan fingerprint density at radius 2 is 2.53 bits per heavy atom. The Kier molecular flexibility index (Phi) is 2.46. The topological polar surface area (TPSA) is 47.6 Å². The summed E-state index contributed by atoms with van der Waals surface area (Å²) in [4.78, 5) is 4.52. The van der Waals surface area contributed by atoms with Crippen LogP contribution >= 0.6 is 15.9 Å². The Balaban J connectivity index is 2.38. The molecular formula is C11H13BrN2O. The van der Waals surface area contributed by atoms with Crippen LogP contribution in [0, 0.1) is 0 Å². The highest BCUT2D eigenvalue weighted by atomic mass is 79.9. The molecule has 0 saturated heterocycles. The van der Waals surface area contributed by atoms with Crippen LogP contribution in [0.5, 0.6) is 0 Å². The van der Waals surface area contributed by atoms with Gasteiger partial charge in [-0.05, 0) is 24.6 Å². The average Bonchev–Trinajstić information content (AvgIpc) is 2.29. The van der Waals surface area contributed by atoms with Crippen LogP contribution in [0.1, 0.15) is 12.5 Å². The minimum Gasteiger partial charge on any atom is -0.386 e. The molecule has 4 heteroatoms. The molecule has 80 valence electrons. The van der Waals surface area contributed by atoms with Crippen LogP contribution in [-0.4, -0.2) is 19.0 Å². The van der Waals surface area contributed by atoms with E-state index in [9.17, 15) is 0 Å². The molecule has 1 heterocycles. The SMILES string of the molecule is [2H]NC1=NC(C)(c2cccc(Br)c2)COC1. The molecule has 0 saturated carbocycles. The van der Waals surface area contributed by atoms with E-state index in [-0.39, 0.29) is 0 Å². The molecule has 1 atom stereocenters. The zero-order chi connectivity index (χ0) is 11.6. The van der Waals surface area contributed by atoms with Gasteiger partial charge in [0.25, 0.3) is 0 Å². The minimum atomic E-state index is -0.411. The van der Waals surface area contributed by atoms with Crippen molar-refractivity contribution in [3.63, 3.8) is 0 Å². The molecule has 1 aliphatic rings. The average molecular weight is 270 g/mol. The molecule has 15 heavy (non-hydrogen) atoms. The van der Waals surface area contributed by atoms with Crippen molar-refractivity contribution in [1.82, 2.24) is 0 Å². The van der Waals surface area contributed by atoms with Gasteiger partial charge < -0.3 is 10.5 Å². The number of benzene rings is 1. The molecule has 2 N–H and O–H groups in total. The molecule has 0 amide bonds. The zero-order valence-corrected chi connectivity index (χ0v) is 10.0. The molecule has 1 aliphatic heterocycles. The smallest absolute Gasteiger partial charge is 0.157 e. The van der Waals surface area contributed by atoms with Crippen molar-refractivity contribution >= 4 is 21.8 Å². The summed E-state index contributed by atoms with van der Waals surface area (Å²) >= 11 is 3.44. The summed E-state index contributed by atoms with van der Waals surface area (Å²) in [5.41, 5.74) is 2.97. The van der Waals surface area contributed by atoms with Gasteiger partial charge in [-0.15, -0.1) is 0 Å². The van der Waals surface area contributed by atoms with Gasteiger partial charge in [0.05, 0.1) is 6.61 Å². The summed E-state index contributed by atoms with van der Waals surface area (Å²) in [6.07, 6.45) is 0. The van der Waals surface area contributed by atoms with Crippen molar-refractivity contribution < 1.29 is 6.15 Å². The lowest BCUT2D eigenvalue weighted by Crippen LogP contribution is -2.37. The fraction of sp³-hybridized carbons (Fsp3) is 0.364. The molecular weight excluding hydrogens is 256 g/mol. The predicted molar refractivity (Wildman–Crippen MR) is 63.9 cm³/mol. The maximum Gasteiger partial charge on any atom is 0.157 e. The summed E-state index contributed by atoms with van der Waals surface area (Å²) in [6.45, 7) is 2.92. The van der Waals surface area contributed by atoms with Gasteiger partial charge in [-0.3, -0.25) is 4.99 Å². The van der Waals surface area contributed by atoms with E-state index in [1.54, 1.807) is 0 Å². The lowest BCUT2D eigenvalue weighted by atomic mass is 9.93. The number of aliphatic imine (C=N–C) groups is 1. The first-order valence-electron chi connectivity index (χ1n) is 5.24. The van der Waals surface area contributed by atoms with Crippen LogP contribution in [-0.2, 0) is 10.3 Å². The van der Waals surface area contributed by atoms with E-state index in [0.29, 0.717) is 19.0 Å². The van der Waals surface area contributed by atoms with Crippen LogP contribution < -0.4 is 5.73 Å². The maximum atomic E-state index is 7.11. The van der Waals surface area contributed by atoms with Crippen molar-refractivity contribution in [1.29, 1.82) is 0 Å². The molecule has 3 nitrogen and oxygen atoms in total. The number of halogens is 1. The summed E-state index contributed by atoms with van der Waals surface area (Å²) in [5, 5.41) is 0. The second-order valence-electron chi connectivity index (χ2n) is 3.84. The molecule has 1 unspecified atom stereocenters. The third-order valence-corrected chi connectivity index (χ3v) is 2.94. The standard InChI is InChI=1S/C11H13BrN2O/c1-11(7-15-6-10(13)14-11)8-3-2-4-9(12)5-8/h2-5H,6-7H2,1H3,(H2,13,14)/i/hD. The van der Waals surface area contributed by atoms with E-state index in [1.165, 1.54) is 0 Å². The summed E-state index contributed by atoms with van der Waals surface area (Å²) in [5.74, 6) is 0.564. The minimum absolute atomic E-state index is 0.382. The van der Waals surface area contributed by atoms with Gasteiger partial charge in [0.15, 0.2) is 1.41 Å². The highest BCUT2D eigenvalue weighted by Crippen LogP contribution is 2.29. The second kappa shape index (κ2) is 3.94. The van der Waals surface area contributed by atoms with Crippen LogP contribution in [0.3, 0.4) is 0 Å². The Morgan fingerprint density at radius 3 is 3.27 bits per heavy atom. The maximum absolute atomic E-state index is 7.11. The van der Waals surface area contributed by atoms with Crippen molar-refractivity contribution in [2.24, 2.45) is 10.7 Å². The summed E-state index contributed by atoms with van der Waals surface area (Å²) in [6, 6.07) is 8.00. The van der Waals surface area contributed by atoms with E-state index in [2.05, 4.69) is 26.6 Å². The zero-order valence-electron chi connectivity index (χ0n) is 9.46. The highest BCUT2D eigenvalue weighted by Gasteiger charge is 2.29. The van der Waals surface area contributed by atoms with E-state index >= 15 is 0 Å². The molecule has 1 aromatic carbocycles. The van der Waals surface area contributed by atoms with Crippen LogP contribution in [0.25, 0.3) is 0 Å². The fourth-order valence-corrected chi connectivity index (χ4v) is 2.08. The second-order valence-corrected chi connectivity index (χ2v) is 4.75. The first-order chi connectivity index (χ1) is 7.64. The van der Waals surface area contributed by atoms with Crippen molar-refractivity contribution in [3.05, 3.63) is 34.3 Å². The third-order valence-electron chi connectivity index (χ3n) is 2.45. The number of ether oxygens (including phenoxy) is 1. The van der Waals surface area contributed by atoms with Gasteiger partial charge in [-0.25, -0.2) is 0 Å². The van der Waals surface area contributed by atoms with Gasteiger partial charge in [0.1, 0.15) is 18.0 Å². The lowest BCUT2D eigenvalue weighted by molar-refractivity contribution is 0.106. The Labute approximate surface area is 98.9 Å². The fourth-order valence-electron chi connectivity index (χ4n) is 1.68. The van der Waals surface area contributed by atoms with Gasteiger partial charge in [0.2, 0.25) is 0 Å². The molecule has 0 radical (unpaired) electrons. The van der Waals surface area contributed by atoms with Crippen molar-refractivity contribution in [2.45, 2.75) is 12.5 Å². The lowest BCUT2D eigenvalue weighted by Gasteiger charge is -2.30. The monoisotopic (exact) mass is 269 g/mol. The quantitative estimate of drug-likeness (QED) is 0.849. The third kappa shape index (κ3) is 2.21. The molecule has 2 rings (SSSR count). The Hall–Kier alpha value is -0.870. The number of nitrogens with zero attached hydrogens (tertiary/aromatic N) is 1.